The monoisotopic (exact) mass is 351 g/mol. The summed E-state index contributed by atoms with van der Waals surface area (Å²) in [5.74, 6) is 0.232. The van der Waals surface area contributed by atoms with Crippen LogP contribution in [0, 0.1) is 27.7 Å². The maximum atomic E-state index is 12.0. The molecule has 2 rings (SSSR count). The molecule has 2 heterocycles. The highest BCUT2D eigenvalue weighted by Gasteiger charge is 2.11. The SMILES string of the molecule is Cc1cc(C)nc(NC(=O)CCn2nc(C)c(Br)c2C)n1. The summed E-state index contributed by atoms with van der Waals surface area (Å²) < 4.78 is 2.81. The molecular weight excluding hydrogens is 334 g/mol. The second-order valence-electron chi connectivity index (χ2n) is 4.98. The fraction of sp³-hybridized carbons (Fsp3) is 0.429. The molecule has 0 aliphatic rings. The molecule has 2 aromatic heterocycles. The van der Waals surface area contributed by atoms with Gasteiger partial charge in [-0.2, -0.15) is 5.10 Å². The van der Waals surface area contributed by atoms with Crippen LogP contribution in [0.15, 0.2) is 10.5 Å². The molecule has 2 aromatic rings. The van der Waals surface area contributed by atoms with Crippen LogP contribution in [0.1, 0.15) is 29.2 Å². The summed E-state index contributed by atoms with van der Waals surface area (Å²) in [6, 6.07) is 1.86. The van der Waals surface area contributed by atoms with Crippen molar-refractivity contribution in [2.24, 2.45) is 0 Å². The molecule has 0 bridgehead atoms. The highest BCUT2D eigenvalue weighted by atomic mass is 79.9. The first-order valence-corrected chi connectivity index (χ1v) is 7.47. The number of nitrogens with zero attached hydrogens (tertiary/aromatic N) is 4. The van der Waals surface area contributed by atoms with Crippen LogP contribution < -0.4 is 5.32 Å². The van der Waals surface area contributed by atoms with Crippen molar-refractivity contribution >= 4 is 27.8 Å². The Morgan fingerprint density at radius 3 is 2.38 bits per heavy atom. The molecule has 0 atom stereocenters. The van der Waals surface area contributed by atoms with Gasteiger partial charge in [0.05, 0.1) is 16.7 Å². The van der Waals surface area contributed by atoms with Crippen LogP contribution in [0.3, 0.4) is 0 Å². The topological polar surface area (TPSA) is 72.7 Å². The number of hydrogen-bond acceptors (Lipinski definition) is 4. The van der Waals surface area contributed by atoms with Crippen LogP contribution in [0.4, 0.5) is 5.95 Å². The summed E-state index contributed by atoms with van der Waals surface area (Å²) in [6.07, 6.45) is 0.324. The van der Waals surface area contributed by atoms with Crippen molar-refractivity contribution in [1.29, 1.82) is 0 Å². The van der Waals surface area contributed by atoms with Gasteiger partial charge in [0, 0.05) is 23.5 Å². The van der Waals surface area contributed by atoms with Crippen molar-refractivity contribution in [3.05, 3.63) is 33.3 Å². The average Bonchev–Trinajstić information content (AvgIpc) is 2.62. The number of rotatable bonds is 4. The number of carbonyl (C=O) groups excluding carboxylic acids is 1. The minimum Gasteiger partial charge on any atom is -0.294 e. The van der Waals surface area contributed by atoms with Crippen molar-refractivity contribution in [3.8, 4) is 0 Å². The lowest BCUT2D eigenvalue weighted by Gasteiger charge is -2.07. The normalized spacial score (nSPS) is 10.7. The van der Waals surface area contributed by atoms with Gasteiger partial charge in [-0.05, 0) is 49.7 Å². The molecule has 112 valence electrons. The molecule has 1 N–H and O–H groups in total. The molecule has 0 aliphatic carbocycles. The van der Waals surface area contributed by atoms with E-state index in [-0.39, 0.29) is 5.91 Å². The van der Waals surface area contributed by atoms with E-state index in [1.54, 1.807) is 0 Å². The minimum atomic E-state index is -0.122. The van der Waals surface area contributed by atoms with E-state index in [0.29, 0.717) is 18.9 Å². The van der Waals surface area contributed by atoms with Crippen LogP contribution in [0.5, 0.6) is 0 Å². The van der Waals surface area contributed by atoms with Crippen molar-refractivity contribution in [2.75, 3.05) is 5.32 Å². The second kappa shape index (κ2) is 6.34. The smallest absolute Gasteiger partial charge is 0.229 e. The van der Waals surface area contributed by atoms with Gasteiger partial charge < -0.3 is 0 Å². The molecular formula is C14H18BrN5O. The molecule has 0 aromatic carbocycles. The number of amides is 1. The van der Waals surface area contributed by atoms with E-state index in [9.17, 15) is 4.79 Å². The third kappa shape index (κ3) is 3.87. The Morgan fingerprint density at radius 2 is 1.86 bits per heavy atom. The maximum absolute atomic E-state index is 12.0. The molecule has 6 nitrogen and oxygen atoms in total. The van der Waals surface area contributed by atoms with Crippen LogP contribution in [0.2, 0.25) is 0 Å². The predicted octanol–water partition coefficient (Wildman–Crippen LogP) is 2.70. The third-order valence-electron chi connectivity index (χ3n) is 3.08. The Labute approximate surface area is 132 Å². The number of carbonyl (C=O) groups is 1. The summed E-state index contributed by atoms with van der Waals surface area (Å²) in [7, 11) is 0. The van der Waals surface area contributed by atoms with Gasteiger partial charge in [-0.1, -0.05) is 0 Å². The Kier molecular flexibility index (Phi) is 4.72. The lowest BCUT2D eigenvalue weighted by Crippen LogP contribution is -2.17. The van der Waals surface area contributed by atoms with Crippen LogP contribution in [-0.2, 0) is 11.3 Å². The predicted molar refractivity (Wildman–Crippen MR) is 84.2 cm³/mol. The fourth-order valence-electron chi connectivity index (χ4n) is 2.07. The zero-order chi connectivity index (χ0) is 15.6. The van der Waals surface area contributed by atoms with Crippen molar-refractivity contribution in [1.82, 2.24) is 19.7 Å². The molecule has 7 heteroatoms. The standard InChI is InChI=1S/C14H18BrN5O/c1-8-7-9(2)17-14(16-8)18-12(21)5-6-20-11(4)13(15)10(3)19-20/h7H,5-6H2,1-4H3,(H,16,17,18,21). The Balaban J connectivity index is 1.97. The molecule has 0 radical (unpaired) electrons. The second-order valence-corrected chi connectivity index (χ2v) is 5.77. The molecule has 21 heavy (non-hydrogen) atoms. The molecule has 0 fully saturated rings. The zero-order valence-corrected chi connectivity index (χ0v) is 14.2. The van der Waals surface area contributed by atoms with Crippen molar-refractivity contribution in [3.63, 3.8) is 0 Å². The van der Waals surface area contributed by atoms with E-state index < -0.39 is 0 Å². The van der Waals surface area contributed by atoms with Gasteiger partial charge >= 0.3 is 0 Å². The Hall–Kier alpha value is -1.76. The van der Waals surface area contributed by atoms with Gasteiger partial charge in [0.1, 0.15) is 0 Å². The quantitative estimate of drug-likeness (QED) is 0.918. The van der Waals surface area contributed by atoms with Gasteiger partial charge in [0.25, 0.3) is 0 Å². The molecule has 0 spiro atoms. The van der Waals surface area contributed by atoms with E-state index in [4.69, 9.17) is 0 Å². The van der Waals surface area contributed by atoms with Gasteiger partial charge in [0.15, 0.2) is 0 Å². The number of aromatic nitrogens is 4. The third-order valence-corrected chi connectivity index (χ3v) is 4.22. The summed E-state index contributed by atoms with van der Waals surface area (Å²) in [5.41, 5.74) is 3.61. The average molecular weight is 352 g/mol. The molecule has 0 unspecified atom stereocenters. The highest BCUT2D eigenvalue weighted by Crippen LogP contribution is 2.19. The van der Waals surface area contributed by atoms with Crippen molar-refractivity contribution in [2.45, 2.75) is 40.7 Å². The van der Waals surface area contributed by atoms with Crippen molar-refractivity contribution < 1.29 is 4.79 Å². The first-order valence-electron chi connectivity index (χ1n) is 6.68. The van der Waals surface area contributed by atoms with E-state index >= 15 is 0 Å². The minimum absolute atomic E-state index is 0.122. The fourth-order valence-corrected chi connectivity index (χ4v) is 2.35. The van der Waals surface area contributed by atoms with Gasteiger partial charge in [-0.15, -0.1) is 0 Å². The van der Waals surface area contributed by atoms with Crippen LogP contribution in [-0.4, -0.2) is 25.7 Å². The molecule has 0 saturated carbocycles. The summed E-state index contributed by atoms with van der Waals surface area (Å²) in [4.78, 5) is 20.4. The molecule has 0 aliphatic heterocycles. The van der Waals surface area contributed by atoms with E-state index in [0.717, 1.165) is 27.2 Å². The van der Waals surface area contributed by atoms with Crippen LogP contribution in [0.25, 0.3) is 0 Å². The summed E-state index contributed by atoms with van der Waals surface area (Å²) in [6.45, 7) is 8.16. The highest BCUT2D eigenvalue weighted by molar-refractivity contribution is 9.10. The molecule has 0 saturated heterocycles. The first kappa shape index (κ1) is 15.6. The Bertz CT molecular complexity index is 660. The number of nitrogens with one attached hydrogen (secondary N) is 1. The molecule has 1 amide bonds. The van der Waals surface area contributed by atoms with Gasteiger partial charge in [-0.3, -0.25) is 14.8 Å². The lowest BCUT2D eigenvalue weighted by atomic mass is 10.3. The lowest BCUT2D eigenvalue weighted by molar-refractivity contribution is -0.116. The van der Waals surface area contributed by atoms with E-state index in [1.807, 2.05) is 38.4 Å². The summed E-state index contributed by atoms with van der Waals surface area (Å²) in [5, 5.41) is 7.10. The van der Waals surface area contributed by atoms with Gasteiger partial charge in [-0.25, -0.2) is 9.97 Å². The summed E-state index contributed by atoms with van der Waals surface area (Å²) >= 11 is 3.47. The zero-order valence-electron chi connectivity index (χ0n) is 12.6. The number of aryl methyl sites for hydroxylation is 4. The van der Waals surface area contributed by atoms with E-state index in [2.05, 4.69) is 36.3 Å². The van der Waals surface area contributed by atoms with Crippen LogP contribution >= 0.6 is 15.9 Å². The van der Waals surface area contributed by atoms with Gasteiger partial charge in [0.2, 0.25) is 11.9 Å². The Morgan fingerprint density at radius 1 is 1.24 bits per heavy atom. The first-order chi connectivity index (χ1) is 9.86. The number of anilines is 1. The largest absolute Gasteiger partial charge is 0.294 e. The maximum Gasteiger partial charge on any atom is 0.229 e. The number of hydrogen-bond donors (Lipinski definition) is 1. The van der Waals surface area contributed by atoms with E-state index in [1.165, 1.54) is 0 Å². The number of halogens is 1.